The summed E-state index contributed by atoms with van der Waals surface area (Å²) in [6, 6.07) is 7.57. The van der Waals surface area contributed by atoms with Gasteiger partial charge in [-0.05, 0) is 40.0 Å². The molecule has 0 aliphatic heterocycles. The predicted molar refractivity (Wildman–Crippen MR) is 102 cm³/mol. The molecule has 9 heteroatoms. The number of nitrogens with zero attached hydrogens (tertiary/aromatic N) is 4. The number of amides is 1. The molecule has 0 bridgehead atoms. The molecule has 2 aromatic heterocycles. The van der Waals surface area contributed by atoms with Crippen LogP contribution in [0.1, 0.15) is 12.5 Å². The molecule has 0 saturated carbocycles. The van der Waals surface area contributed by atoms with E-state index in [1.807, 2.05) is 24.3 Å². The van der Waals surface area contributed by atoms with Crippen molar-refractivity contribution >= 4 is 38.7 Å². The molecule has 1 N–H and O–H groups in total. The number of rotatable bonds is 4. The lowest BCUT2D eigenvalue weighted by Crippen LogP contribution is -2.37. The van der Waals surface area contributed by atoms with Gasteiger partial charge < -0.3 is 5.32 Å². The Morgan fingerprint density at radius 2 is 1.81 bits per heavy atom. The molecule has 0 fully saturated rings. The summed E-state index contributed by atoms with van der Waals surface area (Å²) in [7, 11) is 2.93. The lowest BCUT2D eigenvalue weighted by molar-refractivity contribution is -0.116. The summed E-state index contributed by atoms with van der Waals surface area (Å²) in [5, 5.41) is 2.80. The van der Waals surface area contributed by atoms with E-state index in [1.54, 1.807) is 0 Å². The highest BCUT2D eigenvalue weighted by molar-refractivity contribution is 9.10. The Kier molecular flexibility index (Phi) is 4.82. The summed E-state index contributed by atoms with van der Waals surface area (Å²) in [4.78, 5) is 41.0. The molecule has 26 heavy (non-hydrogen) atoms. The van der Waals surface area contributed by atoms with Crippen molar-refractivity contribution in [3.63, 3.8) is 0 Å². The molecule has 0 spiro atoms. The van der Waals surface area contributed by atoms with Crippen molar-refractivity contribution in [2.45, 2.75) is 19.9 Å². The van der Waals surface area contributed by atoms with Crippen LogP contribution >= 0.6 is 15.9 Å². The number of aromatic nitrogens is 4. The van der Waals surface area contributed by atoms with Crippen LogP contribution in [-0.4, -0.2) is 24.6 Å². The number of nitrogens with one attached hydrogen (secondary N) is 1. The Labute approximate surface area is 157 Å². The van der Waals surface area contributed by atoms with E-state index in [0.717, 1.165) is 11.0 Å². The molecule has 1 amide bonds. The van der Waals surface area contributed by atoms with Crippen molar-refractivity contribution in [2.24, 2.45) is 14.1 Å². The minimum atomic E-state index is -0.502. The third kappa shape index (κ3) is 3.10. The standard InChI is InChI=1S/C17H18BrN5O3/c1-4-10-5-7-11(8-6-10)19-12(24)9-23-14-13(20-16(23)18)15(25)22(3)17(26)21(14)2/h5-8H,4,9H2,1-3H3,(H,19,24). The Bertz CT molecular complexity index is 1110. The summed E-state index contributed by atoms with van der Waals surface area (Å²) in [5.41, 5.74) is 1.29. The highest BCUT2D eigenvalue weighted by Gasteiger charge is 2.19. The van der Waals surface area contributed by atoms with Crippen LogP contribution in [0.25, 0.3) is 11.2 Å². The molecular formula is C17H18BrN5O3. The second-order valence-electron chi connectivity index (χ2n) is 5.94. The first-order valence-corrected chi connectivity index (χ1v) is 8.83. The molecular weight excluding hydrogens is 402 g/mol. The summed E-state index contributed by atoms with van der Waals surface area (Å²) in [6.45, 7) is 1.97. The lowest BCUT2D eigenvalue weighted by atomic mass is 10.1. The first-order valence-electron chi connectivity index (χ1n) is 8.04. The number of aryl methyl sites for hydroxylation is 2. The van der Waals surface area contributed by atoms with Crippen molar-refractivity contribution in [2.75, 3.05) is 5.32 Å². The maximum Gasteiger partial charge on any atom is 0.332 e. The second kappa shape index (κ2) is 6.91. The molecule has 1 aromatic carbocycles. The largest absolute Gasteiger partial charge is 0.332 e. The average Bonchev–Trinajstić information content (AvgIpc) is 2.95. The van der Waals surface area contributed by atoms with Gasteiger partial charge in [-0.15, -0.1) is 0 Å². The third-order valence-corrected chi connectivity index (χ3v) is 4.85. The maximum absolute atomic E-state index is 12.4. The van der Waals surface area contributed by atoms with Gasteiger partial charge in [0.05, 0.1) is 0 Å². The summed E-state index contributed by atoms with van der Waals surface area (Å²) < 4.78 is 4.09. The highest BCUT2D eigenvalue weighted by Crippen LogP contribution is 2.17. The Morgan fingerprint density at radius 1 is 1.15 bits per heavy atom. The van der Waals surface area contributed by atoms with Gasteiger partial charge >= 0.3 is 5.69 Å². The summed E-state index contributed by atoms with van der Waals surface area (Å²) in [5.74, 6) is -0.289. The predicted octanol–water partition coefficient (Wildman–Crippen LogP) is 1.40. The number of fused-ring (bicyclic) bond motifs is 1. The Balaban J connectivity index is 1.95. The van der Waals surface area contributed by atoms with E-state index in [-0.39, 0.29) is 18.0 Å². The fourth-order valence-electron chi connectivity index (χ4n) is 2.77. The topological polar surface area (TPSA) is 90.9 Å². The number of benzene rings is 1. The molecule has 3 aromatic rings. The van der Waals surface area contributed by atoms with Gasteiger partial charge in [0.15, 0.2) is 15.9 Å². The molecule has 2 heterocycles. The van der Waals surface area contributed by atoms with Gasteiger partial charge in [-0.1, -0.05) is 19.1 Å². The molecule has 0 radical (unpaired) electrons. The minimum absolute atomic E-state index is 0.0902. The van der Waals surface area contributed by atoms with E-state index < -0.39 is 11.2 Å². The normalized spacial score (nSPS) is 11.1. The van der Waals surface area contributed by atoms with Gasteiger partial charge in [0.25, 0.3) is 5.56 Å². The second-order valence-corrected chi connectivity index (χ2v) is 6.65. The number of imidazole rings is 1. The van der Waals surface area contributed by atoms with E-state index in [2.05, 4.69) is 33.2 Å². The zero-order valence-electron chi connectivity index (χ0n) is 14.6. The van der Waals surface area contributed by atoms with Crippen LogP contribution in [0, 0.1) is 0 Å². The Hall–Kier alpha value is -2.68. The molecule has 0 atom stereocenters. The zero-order chi connectivity index (χ0) is 19.0. The summed E-state index contributed by atoms with van der Waals surface area (Å²) in [6.07, 6.45) is 0.922. The van der Waals surface area contributed by atoms with Gasteiger partial charge in [-0.25, -0.2) is 9.78 Å². The average molecular weight is 420 g/mol. The molecule has 0 unspecified atom stereocenters. The van der Waals surface area contributed by atoms with Crippen molar-refractivity contribution < 1.29 is 4.79 Å². The number of anilines is 1. The quantitative estimate of drug-likeness (QED) is 0.646. The maximum atomic E-state index is 12.4. The van der Waals surface area contributed by atoms with Crippen molar-refractivity contribution in [1.82, 2.24) is 18.7 Å². The number of halogens is 1. The van der Waals surface area contributed by atoms with Crippen LogP contribution < -0.4 is 16.6 Å². The van der Waals surface area contributed by atoms with Crippen LogP contribution in [0.5, 0.6) is 0 Å². The van der Waals surface area contributed by atoms with Gasteiger partial charge in [0.1, 0.15) is 6.54 Å². The molecule has 0 aliphatic rings. The highest BCUT2D eigenvalue weighted by atomic mass is 79.9. The van der Waals surface area contributed by atoms with E-state index in [1.165, 1.54) is 28.8 Å². The number of carbonyl (C=O) groups excluding carboxylic acids is 1. The van der Waals surface area contributed by atoms with Crippen molar-refractivity contribution in [1.29, 1.82) is 0 Å². The first-order chi connectivity index (χ1) is 12.3. The number of hydrogen-bond acceptors (Lipinski definition) is 4. The molecule has 136 valence electrons. The van der Waals surface area contributed by atoms with E-state index in [4.69, 9.17) is 0 Å². The van der Waals surface area contributed by atoms with Gasteiger partial charge in [0.2, 0.25) is 5.91 Å². The smallest absolute Gasteiger partial charge is 0.325 e. The summed E-state index contributed by atoms with van der Waals surface area (Å²) >= 11 is 3.27. The van der Waals surface area contributed by atoms with Crippen LogP contribution in [0.4, 0.5) is 5.69 Å². The lowest BCUT2D eigenvalue weighted by Gasteiger charge is -2.10. The van der Waals surface area contributed by atoms with Crippen molar-refractivity contribution in [3.05, 3.63) is 55.4 Å². The van der Waals surface area contributed by atoms with Crippen LogP contribution in [0.3, 0.4) is 0 Å². The SMILES string of the molecule is CCc1ccc(NC(=O)Cn2c(Br)nc3c(=O)n(C)c(=O)n(C)c32)cc1. The fraction of sp³-hybridized carbons (Fsp3) is 0.294. The Morgan fingerprint density at radius 3 is 2.42 bits per heavy atom. The van der Waals surface area contributed by atoms with E-state index in [0.29, 0.717) is 16.1 Å². The van der Waals surface area contributed by atoms with Crippen molar-refractivity contribution in [3.8, 4) is 0 Å². The van der Waals surface area contributed by atoms with Gasteiger partial charge in [-0.3, -0.25) is 23.3 Å². The monoisotopic (exact) mass is 419 g/mol. The minimum Gasteiger partial charge on any atom is -0.325 e. The molecule has 0 saturated heterocycles. The number of carbonyl (C=O) groups is 1. The molecule has 3 rings (SSSR count). The van der Waals surface area contributed by atoms with E-state index in [9.17, 15) is 14.4 Å². The van der Waals surface area contributed by atoms with E-state index >= 15 is 0 Å². The van der Waals surface area contributed by atoms with Gasteiger partial charge in [-0.2, -0.15) is 0 Å². The third-order valence-electron chi connectivity index (χ3n) is 4.24. The van der Waals surface area contributed by atoms with Crippen LogP contribution in [0.2, 0.25) is 0 Å². The molecule has 0 aliphatic carbocycles. The molecule has 8 nitrogen and oxygen atoms in total. The fourth-order valence-corrected chi connectivity index (χ4v) is 3.24. The van der Waals surface area contributed by atoms with Gasteiger partial charge in [0, 0.05) is 19.8 Å². The first kappa shape index (κ1) is 18.1. The zero-order valence-corrected chi connectivity index (χ0v) is 16.2. The van der Waals surface area contributed by atoms with Crippen LogP contribution in [-0.2, 0) is 31.9 Å². The van der Waals surface area contributed by atoms with Crippen LogP contribution in [0.15, 0.2) is 38.6 Å². The number of hydrogen-bond donors (Lipinski definition) is 1.